The van der Waals surface area contributed by atoms with Gasteiger partial charge in [0.2, 0.25) is 6.79 Å². The molecule has 210 valence electrons. The van der Waals surface area contributed by atoms with Crippen LogP contribution in [0.1, 0.15) is 26.3 Å². The number of nitrogens with one attached hydrogen (secondary N) is 1. The molecule has 0 fully saturated rings. The molecule has 2 atom stereocenters. The summed E-state index contributed by atoms with van der Waals surface area (Å²) in [5, 5.41) is 12.9. The van der Waals surface area contributed by atoms with Gasteiger partial charge in [0.25, 0.3) is 10.0 Å². The van der Waals surface area contributed by atoms with E-state index < -0.39 is 28.3 Å². The highest BCUT2D eigenvalue weighted by Crippen LogP contribution is 2.34. The highest BCUT2D eigenvalue weighted by atomic mass is 32.2. The van der Waals surface area contributed by atoms with Gasteiger partial charge in [-0.15, -0.1) is 0 Å². The predicted octanol–water partition coefficient (Wildman–Crippen LogP) is 2.64. The van der Waals surface area contributed by atoms with E-state index in [2.05, 4.69) is 5.32 Å². The maximum absolute atomic E-state index is 13.3. The van der Waals surface area contributed by atoms with Crippen molar-refractivity contribution in [2.24, 2.45) is 5.92 Å². The molecular formula is C26H37N3O8S. The summed E-state index contributed by atoms with van der Waals surface area (Å²) in [7, 11) is -0.275. The van der Waals surface area contributed by atoms with E-state index in [9.17, 15) is 18.3 Å². The van der Waals surface area contributed by atoms with Crippen LogP contribution in [0.5, 0.6) is 17.2 Å². The smallest absolute Gasteiger partial charge is 0.427 e. The number of likely N-dealkylation sites (N-methyl/N-ethyl adjacent to an activating group) is 1. The summed E-state index contributed by atoms with van der Waals surface area (Å²) in [5.74, 6) is 1.31. The molecule has 0 aliphatic carbocycles. The van der Waals surface area contributed by atoms with E-state index in [0.29, 0.717) is 29.0 Å². The normalized spacial score (nSPS) is 14.6. The number of fused-ring (bicyclic) bond motifs is 1. The first-order valence-corrected chi connectivity index (χ1v) is 13.8. The standard InChI is InChI=1S/C26H37N3O8S/c1-18(2)16-29(38(32,33)22-10-11-24-25(15-22)36-17-35-24)37-26(31)27-23(19(3)30)14-20-6-8-21(9-7-20)34-13-12-28(4)5/h6-11,15,18-19,23,30H,12-14,16-17H2,1-5H3,(H,27,31). The van der Waals surface area contributed by atoms with Gasteiger partial charge in [0.1, 0.15) is 12.4 Å². The fraction of sp³-hybridized carbons (Fsp3) is 0.500. The van der Waals surface area contributed by atoms with Crippen molar-refractivity contribution in [1.82, 2.24) is 14.7 Å². The Balaban J connectivity index is 1.66. The lowest BCUT2D eigenvalue weighted by atomic mass is 10.0. The van der Waals surface area contributed by atoms with Crippen LogP contribution < -0.4 is 19.5 Å². The minimum atomic E-state index is -4.21. The molecule has 1 aliphatic heterocycles. The van der Waals surface area contributed by atoms with Gasteiger partial charge in [0.15, 0.2) is 11.5 Å². The van der Waals surface area contributed by atoms with Crippen molar-refractivity contribution >= 4 is 16.1 Å². The van der Waals surface area contributed by atoms with Gasteiger partial charge in [-0.25, -0.2) is 13.2 Å². The van der Waals surface area contributed by atoms with Crippen molar-refractivity contribution < 1.29 is 37.4 Å². The Bertz CT molecular complexity index is 1170. The van der Waals surface area contributed by atoms with Crippen LogP contribution in [0.3, 0.4) is 0 Å². The maximum atomic E-state index is 13.3. The lowest BCUT2D eigenvalue weighted by molar-refractivity contribution is -0.0323. The molecule has 1 aliphatic rings. The van der Waals surface area contributed by atoms with Crippen molar-refractivity contribution in [2.45, 2.75) is 44.2 Å². The molecule has 0 spiro atoms. The third-order valence-corrected chi connectivity index (χ3v) is 7.29. The highest BCUT2D eigenvalue weighted by molar-refractivity contribution is 7.89. The Morgan fingerprint density at radius 1 is 1.08 bits per heavy atom. The Labute approximate surface area is 224 Å². The van der Waals surface area contributed by atoms with Crippen LogP contribution >= 0.6 is 0 Å². The van der Waals surface area contributed by atoms with Gasteiger partial charge in [-0.05, 0) is 67.7 Å². The number of aliphatic hydroxyl groups excluding tert-OH is 1. The molecule has 38 heavy (non-hydrogen) atoms. The zero-order valence-corrected chi connectivity index (χ0v) is 23.2. The molecule has 1 amide bonds. The Morgan fingerprint density at radius 2 is 1.76 bits per heavy atom. The van der Waals surface area contributed by atoms with Gasteiger partial charge in [-0.3, -0.25) is 0 Å². The highest BCUT2D eigenvalue weighted by Gasteiger charge is 2.32. The zero-order valence-electron chi connectivity index (χ0n) is 22.4. The number of benzene rings is 2. The Kier molecular flexibility index (Phi) is 10.2. The second-order valence-corrected chi connectivity index (χ2v) is 11.6. The van der Waals surface area contributed by atoms with Crippen LogP contribution in [0.2, 0.25) is 0 Å². The van der Waals surface area contributed by atoms with Crippen molar-refractivity contribution in [2.75, 3.05) is 40.6 Å². The summed E-state index contributed by atoms with van der Waals surface area (Å²) >= 11 is 0. The maximum Gasteiger partial charge on any atom is 0.427 e. The van der Waals surface area contributed by atoms with Gasteiger partial charge in [0, 0.05) is 12.6 Å². The zero-order chi connectivity index (χ0) is 27.9. The van der Waals surface area contributed by atoms with Crippen LogP contribution in [0.4, 0.5) is 4.79 Å². The average molecular weight is 552 g/mol. The van der Waals surface area contributed by atoms with E-state index in [1.165, 1.54) is 18.2 Å². The van der Waals surface area contributed by atoms with Crippen molar-refractivity contribution in [3.63, 3.8) is 0 Å². The molecule has 2 N–H and O–H groups in total. The lowest BCUT2D eigenvalue weighted by Crippen LogP contribution is -2.47. The summed E-state index contributed by atoms with van der Waals surface area (Å²) in [5.41, 5.74) is 0.850. The van der Waals surface area contributed by atoms with Crippen LogP contribution in [0, 0.1) is 5.92 Å². The van der Waals surface area contributed by atoms with Crippen LogP contribution in [0.25, 0.3) is 0 Å². The van der Waals surface area contributed by atoms with Gasteiger partial charge >= 0.3 is 6.09 Å². The molecule has 12 heteroatoms. The molecule has 0 radical (unpaired) electrons. The SMILES string of the molecule is CC(C)CN(OC(=O)NC(Cc1ccc(OCCN(C)C)cc1)C(C)O)S(=O)(=O)c1ccc2c(c1)OCO2. The lowest BCUT2D eigenvalue weighted by Gasteiger charge is -2.26. The van der Waals surface area contributed by atoms with Crippen LogP contribution in [-0.2, 0) is 21.3 Å². The van der Waals surface area contributed by atoms with Gasteiger partial charge in [0.05, 0.1) is 23.6 Å². The minimum Gasteiger partial charge on any atom is -0.492 e. The first-order valence-electron chi connectivity index (χ1n) is 12.4. The summed E-state index contributed by atoms with van der Waals surface area (Å²) in [6, 6.07) is 10.8. The molecule has 0 saturated carbocycles. The van der Waals surface area contributed by atoms with E-state index in [1.807, 2.05) is 43.3 Å². The fourth-order valence-electron chi connectivity index (χ4n) is 3.57. The summed E-state index contributed by atoms with van der Waals surface area (Å²) < 4.78 is 43.5. The Morgan fingerprint density at radius 3 is 2.39 bits per heavy atom. The number of amides is 1. The van der Waals surface area contributed by atoms with Gasteiger partial charge in [-0.1, -0.05) is 26.0 Å². The summed E-state index contributed by atoms with van der Waals surface area (Å²) in [4.78, 5) is 20.0. The molecule has 3 rings (SSSR count). The number of rotatable bonds is 13. The Hall–Kier alpha value is -3.06. The number of aliphatic hydroxyl groups is 1. The first-order chi connectivity index (χ1) is 18.0. The van der Waals surface area contributed by atoms with E-state index in [4.69, 9.17) is 19.0 Å². The van der Waals surface area contributed by atoms with Crippen molar-refractivity contribution in [1.29, 1.82) is 0 Å². The minimum absolute atomic E-state index is 0.000383. The largest absolute Gasteiger partial charge is 0.492 e. The topological polar surface area (TPSA) is 127 Å². The molecule has 1 heterocycles. The second-order valence-electron chi connectivity index (χ2n) is 9.77. The number of carbonyl (C=O) groups excluding carboxylic acids is 1. The molecule has 2 aromatic carbocycles. The van der Waals surface area contributed by atoms with Crippen LogP contribution in [0.15, 0.2) is 47.4 Å². The molecule has 0 saturated heterocycles. The summed E-state index contributed by atoms with van der Waals surface area (Å²) in [6.07, 6.45) is -1.63. The third kappa shape index (κ3) is 8.22. The predicted molar refractivity (Wildman–Crippen MR) is 141 cm³/mol. The number of hydrogen-bond donors (Lipinski definition) is 2. The number of nitrogens with zero attached hydrogens (tertiary/aromatic N) is 2. The number of sulfonamides is 1. The van der Waals surface area contributed by atoms with E-state index in [1.54, 1.807) is 20.8 Å². The summed E-state index contributed by atoms with van der Waals surface area (Å²) in [6.45, 7) is 6.41. The molecule has 11 nitrogen and oxygen atoms in total. The first kappa shape index (κ1) is 29.5. The van der Waals surface area contributed by atoms with Crippen molar-refractivity contribution in [3.05, 3.63) is 48.0 Å². The van der Waals surface area contributed by atoms with E-state index >= 15 is 0 Å². The number of hydroxylamine groups is 1. The molecule has 0 aromatic heterocycles. The number of carbonyl (C=O) groups is 1. The molecule has 2 aromatic rings. The second kappa shape index (κ2) is 13.1. The van der Waals surface area contributed by atoms with E-state index in [0.717, 1.165) is 17.9 Å². The molecule has 0 bridgehead atoms. The van der Waals surface area contributed by atoms with Gasteiger partial charge < -0.3 is 34.4 Å². The average Bonchev–Trinajstić information content (AvgIpc) is 3.32. The quantitative estimate of drug-likeness (QED) is 0.361. The number of hydrogen-bond acceptors (Lipinski definition) is 9. The third-order valence-electron chi connectivity index (χ3n) is 5.68. The van der Waals surface area contributed by atoms with Crippen molar-refractivity contribution in [3.8, 4) is 17.2 Å². The molecule has 2 unspecified atom stereocenters. The monoisotopic (exact) mass is 551 g/mol. The fourth-order valence-corrected chi connectivity index (χ4v) is 4.96. The van der Waals surface area contributed by atoms with E-state index in [-0.39, 0.29) is 24.2 Å². The number of ether oxygens (including phenoxy) is 3. The van der Waals surface area contributed by atoms with Crippen LogP contribution in [-0.4, -0.2) is 81.7 Å². The van der Waals surface area contributed by atoms with Gasteiger partial charge in [-0.2, -0.15) is 0 Å². The molecular weight excluding hydrogens is 514 g/mol.